The van der Waals surface area contributed by atoms with Crippen LogP contribution in [0.4, 0.5) is 0 Å². The van der Waals surface area contributed by atoms with Crippen molar-refractivity contribution in [1.82, 2.24) is 0 Å². The molecule has 3 aliphatic carbocycles. The Labute approximate surface area is 157 Å². The van der Waals surface area contributed by atoms with E-state index in [2.05, 4.69) is 0 Å². The summed E-state index contributed by atoms with van der Waals surface area (Å²) >= 11 is 0. The van der Waals surface area contributed by atoms with E-state index in [4.69, 9.17) is 0 Å². The Morgan fingerprint density at radius 3 is 0.783 bits per heavy atom. The minimum atomic E-state index is 0. The van der Waals surface area contributed by atoms with E-state index in [0.29, 0.717) is 7.92 Å². The first-order chi connectivity index (χ1) is 10.9. The fourth-order valence-electron chi connectivity index (χ4n) is 5.56. The van der Waals surface area contributed by atoms with Gasteiger partial charge in [-0.3, -0.25) is 0 Å². The van der Waals surface area contributed by atoms with Crippen LogP contribution in [-0.4, -0.2) is 17.0 Å². The predicted molar refractivity (Wildman–Crippen MR) is 101 cm³/mol. The van der Waals surface area contributed by atoms with E-state index in [1.807, 2.05) is 0 Å². The van der Waals surface area contributed by atoms with E-state index in [9.17, 15) is 0 Å². The molecule has 0 aromatic rings. The predicted octanol–water partition coefficient (Wildman–Crippen LogP) is 7.63. The van der Waals surface area contributed by atoms with Crippen LogP contribution >= 0.6 is 7.92 Å². The van der Waals surface area contributed by atoms with E-state index in [0.717, 1.165) is 0 Å². The maximum absolute atomic E-state index is 1.61. The molecular weight excluding hydrogens is 338 g/mol. The summed E-state index contributed by atoms with van der Waals surface area (Å²) < 4.78 is 0. The molecule has 3 fully saturated rings. The molecule has 135 valence electrons. The zero-order valence-electron chi connectivity index (χ0n) is 15.3. The van der Waals surface area contributed by atoms with Gasteiger partial charge in [0.1, 0.15) is 0 Å². The molecule has 0 bridgehead atoms. The topological polar surface area (TPSA) is 0 Å². The number of rotatable bonds is 3. The van der Waals surface area contributed by atoms with Gasteiger partial charge in [-0.15, -0.1) is 0 Å². The van der Waals surface area contributed by atoms with Crippen molar-refractivity contribution in [2.45, 2.75) is 133 Å². The summed E-state index contributed by atoms with van der Waals surface area (Å²) in [7, 11) is 0.334. The summed E-state index contributed by atoms with van der Waals surface area (Å²) in [6.07, 6.45) is 28.2. The smallest absolute Gasteiger partial charge is 0 e. The van der Waals surface area contributed by atoms with Crippen molar-refractivity contribution in [3.8, 4) is 0 Å². The van der Waals surface area contributed by atoms with Crippen LogP contribution < -0.4 is 0 Å². The van der Waals surface area contributed by atoms with Gasteiger partial charge in [-0.05, 0) is 55.5 Å². The molecule has 0 amide bonds. The van der Waals surface area contributed by atoms with Gasteiger partial charge >= 0.3 is 0 Å². The largest absolute Gasteiger partial charge is 0.0971 e. The Hall–Kier alpha value is 0.949. The van der Waals surface area contributed by atoms with E-state index >= 15 is 0 Å². The van der Waals surface area contributed by atoms with Crippen LogP contribution in [-0.2, 0) is 17.1 Å². The zero-order chi connectivity index (χ0) is 15.0. The zero-order valence-corrected chi connectivity index (χ0v) is 17.4. The summed E-state index contributed by atoms with van der Waals surface area (Å²) in [5, 5.41) is 0. The first-order valence-corrected chi connectivity index (χ1v) is 12.3. The Morgan fingerprint density at radius 1 is 0.348 bits per heavy atom. The Balaban J connectivity index is 0.00000192. The molecule has 3 aliphatic rings. The van der Waals surface area contributed by atoms with Crippen molar-refractivity contribution in [3.63, 3.8) is 0 Å². The van der Waals surface area contributed by atoms with E-state index in [1.165, 1.54) is 55.5 Å². The molecule has 0 N–H and O–H groups in total. The summed E-state index contributed by atoms with van der Waals surface area (Å²) in [5.41, 5.74) is 3.51. The van der Waals surface area contributed by atoms with Crippen LogP contribution in [0, 0.1) is 0 Å². The maximum Gasteiger partial charge on any atom is 0 e. The van der Waals surface area contributed by atoms with Gasteiger partial charge in [-0.2, -0.15) is 0 Å². The molecule has 0 aromatic carbocycles. The first kappa shape index (κ1) is 20.3. The third-order valence-corrected chi connectivity index (χ3v) is 10.8. The third-order valence-electron chi connectivity index (χ3n) is 6.74. The van der Waals surface area contributed by atoms with Crippen LogP contribution in [0.2, 0.25) is 0 Å². The number of hydrogen-bond donors (Lipinski definition) is 0. The van der Waals surface area contributed by atoms with E-state index in [-0.39, 0.29) is 17.1 Å². The monoisotopic (exact) mass is 377 g/mol. The molecule has 3 rings (SSSR count). The molecular formula is C21H39MnP. The molecule has 1 radical (unpaired) electrons. The van der Waals surface area contributed by atoms with E-state index < -0.39 is 0 Å². The van der Waals surface area contributed by atoms with Gasteiger partial charge in [-0.25, -0.2) is 0 Å². The van der Waals surface area contributed by atoms with Crippen LogP contribution in [0.1, 0.15) is 116 Å². The van der Waals surface area contributed by atoms with Crippen molar-refractivity contribution in [3.05, 3.63) is 0 Å². The van der Waals surface area contributed by atoms with Crippen molar-refractivity contribution in [2.24, 2.45) is 0 Å². The molecule has 2 heteroatoms. The van der Waals surface area contributed by atoms with Crippen molar-refractivity contribution >= 4 is 7.92 Å². The van der Waals surface area contributed by atoms with E-state index in [1.54, 1.807) is 77.0 Å². The minimum Gasteiger partial charge on any atom is -0.0971 e. The van der Waals surface area contributed by atoms with Gasteiger partial charge in [0.2, 0.25) is 0 Å². The van der Waals surface area contributed by atoms with Crippen molar-refractivity contribution in [1.29, 1.82) is 0 Å². The second-order valence-electron chi connectivity index (χ2n) is 8.38. The van der Waals surface area contributed by atoms with Gasteiger partial charge in [0.25, 0.3) is 0 Å². The summed E-state index contributed by atoms with van der Waals surface area (Å²) in [4.78, 5) is 0. The van der Waals surface area contributed by atoms with Gasteiger partial charge in [0.05, 0.1) is 0 Å². The molecule has 0 spiro atoms. The Bertz CT molecular complexity index is 235. The second kappa shape index (κ2) is 11.5. The van der Waals surface area contributed by atoms with Gasteiger partial charge < -0.3 is 0 Å². The summed E-state index contributed by atoms with van der Waals surface area (Å²) in [5.74, 6) is 0. The molecule has 23 heavy (non-hydrogen) atoms. The standard InChI is InChI=1S/C21H39P.Mn/c1-2-8-14-19(13-7-1)22(20-15-9-3-4-10-16-20)21-17-11-5-6-12-18-21;/h19-21H,1-18H2;. The Kier molecular flexibility index (Phi) is 10.2. The maximum atomic E-state index is 1.61. The van der Waals surface area contributed by atoms with Crippen LogP contribution in [0.3, 0.4) is 0 Å². The molecule has 0 unspecified atom stereocenters. The van der Waals surface area contributed by atoms with Gasteiger partial charge in [-0.1, -0.05) is 85.0 Å². The molecule has 0 heterocycles. The minimum absolute atomic E-state index is 0. The van der Waals surface area contributed by atoms with Crippen LogP contribution in [0.5, 0.6) is 0 Å². The molecule has 0 saturated heterocycles. The van der Waals surface area contributed by atoms with Crippen molar-refractivity contribution in [2.75, 3.05) is 0 Å². The molecule has 0 aliphatic heterocycles. The third kappa shape index (κ3) is 6.31. The summed E-state index contributed by atoms with van der Waals surface area (Å²) in [6, 6.07) is 0. The SMILES string of the molecule is C1CCCC(P(C2CCCCCC2)C2CCCCCC2)CC1.[Mn]. The fraction of sp³-hybridized carbons (Fsp3) is 1.00. The summed E-state index contributed by atoms with van der Waals surface area (Å²) in [6.45, 7) is 0. The molecule has 0 atom stereocenters. The molecule has 0 nitrogen and oxygen atoms in total. The number of hydrogen-bond acceptors (Lipinski definition) is 0. The fourth-order valence-corrected chi connectivity index (χ4v) is 10.2. The average molecular weight is 377 g/mol. The average Bonchev–Trinajstić information content (AvgIpc) is 3.04. The van der Waals surface area contributed by atoms with Crippen LogP contribution in [0.25, 0.3) is 0 Å². The normalized spacial score (nSPS) is 27.0. The van der Waals surface area contributed by atoms with Gasteiger partial charge in [0, 0.05) is 17.1 Å². The first-order valence-electron chi connectivity index (χ1n) is 10.7. The quantitative estimate of drug-likeness (QED) is 0.269. The van der Waals surface area contributed by atoms with Crippen molar-refractivity contribution < 1.29 is 17.1 Å². The Morgan fingerprint density at radius 2 is 0.565 bits per heavy atom. The van der Waals surface area contributed by atoms with Crippen LogP contribution in [0.15, 0.2) is 0 Å². The molecule has 0 aromatic heterocycles. The van der Waals surface area contributed by atoms with Gasteiger partial charge in [0.15, 0.2) is 0 Å². The molecule has 3 saturated carbocycles. The second-order valence-corrected chi connectivity index (χ2v) is 11.5.